The van der Waals surface area contributed by atoms with Crippen LogP contribution in [0.15, 0.2) is 36.8 Å². The Kier molecular flexibility index (Phi) is 4.28. The summed E-state index contributed by atoms with van der Waals surface area (Å²) in [6, 6.07) is 5.21. The van der Waals surface area contributed by atoms with E-state index in [1.807, 2.05) is 33.0 Å². The van der Waals surface area contributed by atoms with Crippen LogP contribution in [0, 0.1) is 13.8 Å². The van der Waals surface area contributed by atoms with E-state index in [1.54, 1.807) is 34.0 Å². The van der Waals surface area contributed by atoms with Crippen molar-refractivity contribution >= 4 is 11.8 Å². The molecule has 3 aromatic rings. The Morgan fingerprint density at radius 1 is 1.21 bits per heavy atom. The van der Waals surface area contributed by atoms with Crippen molar-refractivity contribution in [1.82, 2.24) is 29.9 Å². The maximum absolute atomic E-state index is 12.1. The second-order valence-corrected chi connectivity index (χ2v) is 5.51. The molecule has 24 heavy (non-hydrogen) atoms. The quantitative estimate of drug-likeness (QED) is 0.767. The van der Waals surface area contributed by atoms with Gasteiger partial charge in [0.05, 0.1) is 12.4 Å². The fourth-order valence-corrected chi connectivity index (χ4v) is 2.27. The molecule has 8 heteroatoms. The molecule has 0 saturated heterocycles. The van der Waals surface area contributed by atoms with E-state index in [4.69, 9.17) is 0 Å². The molecule has 3 rings (SSSR count). The van der Waals surface area contributed by atoms with E-state index in [2.05, 4.69) is 25.8 Å². The molecule has 0 fully saturated rings. The third kappa shape index (κ3) is 3.27. The van der Waals surface area contributed by atoms with Crippen LogP contribution in [0.5, 0.6) is 0 Å². The first-order chi connectivity index (χ1) is 11.5. The van der Waals surface area contributed by atoms with Crippen molar-refractivity contribution in [3.63, 3.8) is 0 Å². The second-order valence-electron chi connectivity index (χ2n) is 5.51. The number of aromatic nitrogens is 5. The molecule has 0 unspecified atom stereocenters. The molecule has 0 saturated carbocycles. The van der Waals surface area contributed by atoms with Crippen LogP contribution in [0.25, 0.3) is 5.82 Å². The van der Waals surface area contributed by atoms with Gasteiger partial charge in [0.25, 0.3) is 0 Å². The van der Waals surface area contributed by atoms with Gasteiger partial charge in [-0.15, -0.1) is 0 Å². The van der Waals surface area contributed by atoms with Crippen LogP contribution in [0.2, 0.25) is 0 Å². The molecule has 0 aliphatic heterocycles. The number of carbonyl (C=O) groups is 1. The lowest BCUT2D eigenvalue weighted by molar-refractivity contribution is 0.251. The van der Waals surface area contributed by atoms with Crippen molar-refractivity contribution < 1.29 is 4.79 Å². The standard InChI is InChI=1S/C16H19N7O/c1-11-4-6-17-15(8-11)23-14(5-7-19-23)21-16(24)18-9-13-10-20-22(3)12(13)2/h4-8,10H,9H2,1-3H3,(H2,18,21,24). The Hall–Kier alpha value is -3.16. The van der Waals surface area contributed by atoms with Crippen molar-refractivity contribution in [3.05, 3.63) is 53.6 Å². The maximum Gasteiger partial charge on any atom is 0.320 e. The molecule has 0 radical (unpaired) electrons. The minimum absolute atomic E-state index is 0.312. The fraction of sp³-hybridized carbons (Fsp3) is 0.250. The number of amides is 2. The van der Waals surface area contributed by atoms with Gasteiger partial charge in [0.2, 0.25) is 0 Å². The topological polar surface area (TPSA) is 89.7 Å². The van der Waals surface area contributed by atoms with E-state index in [0.717, 1.165) is 16.8 Å². The van der Waals surface area contributed by atoms with Gasteiger partial charge in [-0.05, 0) is 31.5 Å². The van der Waals surface area contributed by atoms with E-state index < -0.39 is 0 Å². The van der Waals surface area contributed by atoms with Crippen molar-refractivity contribution in [2.45, 2.75) is 20.4 Å². The number of nitrogens with one attached hydrogen (secondary N) is 2. The summed E-state index contributed by atoms with van der Waals surface area (Å²) >= 11 is 0. The molecule has 0 aromatic carbocycles. The van der Waals surface area contributed by atoms with Gasteiger partial charge in [0.1, 0.15) is 5.82 Å². The molecule has 0 aliphatic carbocycles. The Bertz CT molecular complexity index is 865. The summed E-state index contributed by atoms with van der Waals surface area (Å²) in [5.41, 5.74) is 3.06. The summed E-state index contributed by atoms with van der Waals surface area (Å²) in [5.74, 6) is 1.20. The Morgan fingerprint density at radius 3 is 2.75 bits per heavy atom. The van der Waals surface area contributed by atoms with Crippen LogP contribution < -0.4 is 10.6 Å². The first-order valence-corrected chi connectivity index (χ1v) is 7.54. The number of carbonyl (C=O) groups excluding carboxylic acids is 1. The number of anilines is 1. The highest BCUT2D eigenvalue weighted by Crippen LogP contribution is 2.13. The molecule has 124 valence electrons. The Labute approximate surface area is 139 Å². The summed E-state index contributed by atoms with van der Waals surface area (Å²) in [7, 11) is 1.87. The minimum Gasteiger partial charge on any atom is -0.334 e. The van der Waals surface area contributed by atoms with Crippen molar-refractivity contribution in [2.75, 3.05) is 5.32 Å². The summed E-state index contributed by atoms with van der Waals surface area (Å²) in [4.78, 5) is 16.4. The SMILES string of the molecule is Cc1ccnc(-n2nccc2NC(=O)NCc2cnn(C)c2C)c1. The van der Waals surface area contributed by atoms with Crippen LogP contribution >= 0.6 is 0 Å². The van der Waals surface area contributed by atoms with Gasteiger partial charge < -0.3 is 5.32 Å². The zero-order valence-electron chi connectivity index (χ0n) is 13.8. The molecule has 3 aromatic heterocycles. The predicted molar refractivity (Wildman–Crippen MR) is 89.9 cm³/mol. The van der Waals surface area contributed by atoms with Crippen LogP contribution in [-0.2, 0) is 13.6 Å². The van der Waals surface area contributed by atoms with Crippen LogP contribution in [0.1, 0.15) is 16.8 Å². The predicted octanol–water partition coefficient (Wildman–Crippen LogP) is 1.94. The lowest BCUT2D eigenvalue weighted by Gasteiger charge is -2.10. The largest absolute Gasteiger partial charge is 0.334 e. The first kappa shape index (κ1) is 15.7. The average Bonchev–Trinajstić information content (AvgIpc) is 3.14. The molecule has 0 bridgehead atoms. The summed E-state index contributed by atoms with van der Waals surface area (Å²) in [5, 5.41) is 14.0. The monoisotopic (exact) mass is 325 g/mol. The van der Waals surface area contributed by atoms with Crippen LogP contribution in [0.4, 0.5) is 10.6 Å². The Balaban J connectivity index is 1.67. The van der Waals surface area contributed by atoms with Gasteiger partial charge >= 0.3 is 6.03 Å². The minimum atomic E-state index is -0.312. The lowest BCUT2D eigenvalue weighted by Crippen LogP contribution is -2.29. The summed E-state index contributed by atoms with van der Waals surface area (Å²) in [6.45, 7) is 4.34. The summed E-state index contributed by atoms with van der Waals surface area (Å²) < 4.78 is 3.36. The number of rotatable bonds is 4. The van der Waals surface area contributed by atoms with Gasteiger partial charge in [-0.3, -0.25) is 10.00 Å². The smallest absolute Gasteiger partial charge is 0.320 e. The molecule has 0 aliphatic rings. The number of nitrogens with zero attached hydrogens (tertiary/aromatic N) is 5. The number of urea groups is 1. The highest BCUT2D eigenvalue weighted by molar-refractivity contribution is 5.88. The summed E-state index contributed by atoms with van der Waals surface area (Å²) in [6.07, 6.45) is 5.07. The van der Waals surface area contributed by atoms with E-state index in [-0.39, 0.29) is 6.03 Å². The molecule has 0 atom stereocenters. The van der Waals surface area contributed by atoms with Crippen molar-refractivity contribution in [2.24, 2.45) is 7.05 Å². The number of pyridine rings is 1. The highest BCUT2D eigenvalue weighted by atomic mass is 16.2. The van der Waals surface area contributed by atoms with Gasteiger partial charge in [-0.25, -0.2) is 9.78 Å². The zero-order chi connectivity index (χ0) is 17.1. The molecule has 2 amide bonds. The van der Waals surface area contributed by atoms with E-state index in [9.17, 15) is 4.79 Å². The molecular weight excluding hydrogens is 306 g/mol. The van der Waals surface area contributed by atoms with Gasteiger partial charge in [-0.1, -0.05) is 0 Å². The third-order valence-corrected chi connectivity index (χ3v) is 3.78. The maximum atomic E-state index is 12.1. The zero-order valence-corrected chi connectivity index (χ0v) is 13.8. The van der Waals surface area contributed by atoms with Crippen LogP contribution in [-0.4, -0.2) is 30.6 Å². The third-order valence-electron chi connectivity index (χ3n) is 3.78. The molecule has 0 spiro atoms. The normalized spacial score (nSPS) is 10.6. The number of hydrogen-bond donors (Lipinski definition) is 2. The lowest BCUT2D eigenvalue weighted by atomic mass is 10.2. The van der Waals surface area contributed by atoms with Gasteiger partial charge in [0.15, 0.2) is 5.82 Å². The first-order valence-electron chi connectivity index (χ1n) is 7.54. The van der Waals surface area contributed by atoms with E-state index in [1.165, 1.54) is 0 Å². The molecule has 3 heterocycles. The van der Waals surface area contributed by atoms with E-state index in [0.29, 0.717) is 18.2 Å². The second kappa shape index (κ2) is 6.53. The average molecular weight is 325 g/mol. The van der Waals surface area contributed by atoms with Crippen molar-refractivity contribution in [3.8, 4) is 5.82 Å². The fourth-order valence-electron chi connectivity index (χ4n) is 2.27. The number of aryl methyl sites for hydroxylation is 2. The highest BCUT2D eigenvalue weighted by Gasteiger charge is 2.11. The molecule has 8 nitrogen and oxygen atoms in total. The van der Waals surface area contributed by atoms with E-state index >= 15 is 0 Å². The Morgan fingerprint density at radius 2 is 2.04 bits per heavy atom. The molecule has 2 N–H and O–H groups in total. The van der Waals surface area contributed by atoms with Gasteiger partial charge in [0, 0.05) is 37.1 Å². The molecular formula is C16H19N7O. The van der Waals surface area contributed by atoms with Gasteiger partial charge in [-0.2, -0.15) is 14.9 Å². The van der Waals surface area contributed by atoms with Crippen molar-refractivity contribution in [1.29, 1.82) is 0 Å². The van der Waals surface area contributed by atoms with Crippen LogP contribution in [0.3, 0.4) is 0 Å². The number of hydrogen-bond acceptors (Lipinski definition) is 4.